The first-order valence-electron chi connectivity index (χ1n) is 10.8. The number of amides is 1. The van der Waals surface area contributed by atoms with Gasteiger partial charge in [0, 0.05) is 57.1 Å². The third kappa shape index (κ3) is 5.44. The quantitative estimate of drug-likeness (QED) is 0.424. The van der Waals surface area contributed by atoms with Gasteiger partial charge in [0.25, 0.3) is 11.6 Å². The first-order valence-corrected chi connectivity index (χ1v) is 10.8. The third-order valence-electron chi connectivity index (χ3n) is 5.89. The van der Waals surface area contributed by atoms with Crippen molar-refractivity contribution in [3.8, 4) is 22.5 Å². The van der Waals surface area contributed by atoms with Crippen molar-refractivity contribution in [3.63, 3.8) is 0 Å². The molecule has 9 heteroatoms. The molecule has 33 heavy (non-hydrogen) atoms. The number of rotatable bonds is 7. The van der Waals surface area contributed by atoms with Gasteiger partial charge in [0.15, 0.2) is 0 Å². The summed E-state index contributed by atoms with van der Waals surface area (Å²) >= 11 is 0. The standard InChI is InChI=1S/C24H26FN5O3/c1-28-12-14-29(15-13-28)11-10-26-24(31)21-16-22(17-2-6-19(25)7-3-17)27-23(21)18-4-8-20(9-5-18)30(32)33/h2-9,16,27H,10-15H2,1H3,(H,26,31). The number of nitro groups is 1. The monoisotopic (exact) mass is 451 g/mol. The van der Waals surface area contributed by atoms with Crippen LogP contribution in [-0.2, 0) is 0 Å². The fraction of sp³-hybridized carbons (Fsp3) is 0.292. The molecule has 1 amide bonds. The molecule has 0 aliphatic carbocycles. The lowest BCUT2D eigenvalue weighted by Gasteiger charge is -2.32. The highest BCUT2D eigenvalue weighted by Gasteiger charge is 2.19. The second kappa shape index (κ2) is 9.93. The Morgan fingerprint density at radius 1 is 1.06 bits per heavy atom. The predicted octanol–water partition coefficient (Wildman–Crippen LogP) is 3.37. The average Bonchev–Trinajstić information content (AvgIpc) is 3.26. The summed E-state index contributed by atoms with van der Waals surface area (Å²) in [6.45, 7) is 5.24. The lowest BCUT2D eigenvalue weighted by atomic mass is 10.1. The van der Waals surface area contributed by atoms with Crippen LogP contribution in [0.2, 0.25) is 0 Å². The van der Waals surface area contributed by atoms with E-state index in [1.165, 1.54) is 24.3 Å². The Bertz CT molecular complexity index is 1120. The van der Waals surface area contributed by atoms with Crippen molar-refractivity contribution in [1.29, 1.82) is 0 Å². The molecule has 0 radical (unpaired) electrons. The van der Waals surface area contributed by atoms with Gasteiger partial charge in [-0.15, -0.1) is 0 Å². The highest BCUT2D eigenvalue weighted by atomic mass is 19.1. The van der Waals surface area contributed by atoms with Gasteiger partial charge in [-0.05, 0) is 60.6 Å². The summed E-state index contributed by atoms with van der Waals surface area (Å²) in [6, 6.07) is 13.8. The van der Waals surface area contributed by atoms with Crippen molar-refractivity contribution >= 4 is 11.6 Å². The van der Waals surface area contributed by atoms with Crippen molar-refractivity contribution in [3.05, 3.63) is 76.1 Å². The Morgan fingerprint density at radius 2 is 1.70 bits per heavy atom. The van der Waals surface area contributed by atoms with Gasteiger partial charge in [0.05, 0.1) is 16.2 Å². The topological polar surface area (TPSA) is 94.5 Å². The van der Waals surface area contributed by atoms with E-state index in [-0.39, 0.29) is 17.4 Å². The summed E-state index contributed by atoms with van der Waals surface area (Å²) in [5, 5.41) is 14.0. The van der Waals surface area contributed by atoms with Crippen LogP contribution in [0.5, 0.6) is 0 Å². The zero-order chi connectivity index (χ0) is 23.4. The van der Waals surface area contributed by atoms with Crippen molar-refractivity contribution in [2.75, 3.05) is 46.3 Å². The smallest absolute Gasteiger partial charge is 0.269 e. The van der Waals surface area contributed by atoms with Gasteiger partial charge in [0.2, 0.25) is 0 Å². The predicted molar refractivity (Wildman–Crippen MR) is 125 cm³/mol. The molecule has 0 spiro atoms. The van der Waals surface area contributed by atoms with Gasteiger partial charge in [-0.1, -0.05) is 0 Å². The molecule has 2 heterocycles. The van der Waals surface area contributed by atoms with E-state index in [4.69, 9.17) is 0 Å². The molecule has 1 aromatic heterocycles. The second-order valence-electron chi connectivity index (χ2n) is 8.18. The van der Waals surface area contributed by atoms with Crippen LogP contribution in [0.25, 0.3) is 22.5 Å². The largest absolute Gasteiger partial charge is 0.354 e. The minimum absolute atomic E-state index is 0.0257. The van der Waals surface area contributed by atoms with Gasteiger partial charge < -0.3 is 15.2 Å². The summed E-state index contributed by atoms with van der Waals surface area (Å²) in [6.07, 6.45) is 0. The van der Waals surface area contributed by atoms with E-state index in [1.54, 1.807) is 30.3 Å². The van der Waals surface area contributed by atoms with E-state index in [0.29, 0.717) is 29.1 Å². The summed E-state index contributed by atoms with van der Waals surface area (Å²) in [7, 11) is 2.10. The highest BCUT2D eigenvalue weighted by Crippen LogP contribution is 2.30. The Morgan fingerprint density at radius 3 is 2.33 bits per heavy atom. The number of aromatic amines is 1. The van der Waals surface area contributed by atoms with Crippen molar-refractivity contribution in [2.24, 2.45) is 0 Å². The van der Waals surface area contributed by atoms with E-state index in [2.05, 4.69) is 27.1 Å². The summed E-state index contributed by atoms with van der Waals surface area (Å²) in [5.74, 6) is -0.579. The fourth-order valence-electron chi connectivity index (χ4n) is 3.89. The molecule has 8 nitrogen and oxygen atoms in total. The zero-order valence-electron chi connectivity index (χ0n) is 18.4. The van der Waals surface area contributed by atoms with Crippen LogP contribution in [0, 0.1) is 15.9 Å². The van der Waals surface area contributed by atoms with E-state index in [9.17, 15) is 19.3 Å². The van der Waals surface area contributed by atoms with Gasteiger partial charge in [0.1, 0.15) is 5.82 Å². The van der Waals surface area contributed by atoms with E-state index in [1.807, 2.05) is 0 Å². The molecule has 0 unspecified atom stereocenters. The molecule has 0 saturated carbocycles. The van der Waals surface area contributed by atoms with Crippen molar-refractivity contribution in [1.82, 2.24) is 20.1 Å². The number of hydrogen-bond acceptors (Lipinski definition) is 5. The number of carbonyl (C=O) groups is 1. The first-order chi connectivity index (χ1) is 15.9. The minimum Gasteiger partial charge on any atom is -0.354 e. The van der Waals surface area contributed by atoms with Crippen LogP contribution in [0.1, 0.15) is 10.4 Å². The second-order valence-corrected chi connectivity index (χ2v) is 8.18. The van der Waals surface area contributed by atoms with Crippen LogP contribution in [0.4, 0.5) is 10.1 Å². The molecule has 4 rings (SSSR count). The van der Waals surface area contributed by atoms with Gasteiger partial charge in [-0.25, -0.2) is 4.39 Å². The SMILES string of the molecule is CN1CCN(CCNC(=O)c2cc(-c3ccc(F)cc3)[nH]c2-c2ccc([N+](=O)[O-])cc2)CC1. The van der Waals surface area contributed by atoms with Gasteiger partial charge in [-0.3, -0.25) is 19.8 Å². The number of halogens is 1. The Balaban J connectivity index is 1.55. The third-order valence-corrected chi connectivity index (χ3v) is 5.89. The Hall–Kier alpha value is -3.56. The summed E-state index contributed by atoms with van der Waals surface area (Å²) in [4.78, 5) is 31.5. The first kappa shape index (κ1) is 22.6. The number of aromatic nitrogens is 1. The lowest BCUT2D eigenvalue weighted by molar-refractivity contribution is -0.384. The fourth-order valence-corrected chi connectivity index (χ4v) is 3.89. The highest BCUT2D eigenvalue weighted by molar-refractivity contribution is 6.01. The maximum absolute atomic E-state index is 13.4. The number of H-pyrrole nitrogens is 1. The average molecular weight is 452 g/mol. The number of nitro benzene ring substituents is 1. The number of piperazine rings is 1. The van der Waals surface area contributed by atoms with Crippen LogP contribution in [0.3, 0.4) is 0 Å². The van der Waals surface area contributed by atoms with Crippen molar-refractivity contribution in [2.45, 2.75) is 0 Å². The molecular formula is C24H26FN5O3. The molecule has 2 N–H and O–H groups in total. The molecule has 1 aliphatic rings. The summed E-state index contributed by atoms with van der Waals surface area (Å²) in [5.41, 5.74) is 3.01. The van der Waals surface area contributed by atoms with Gasteiger partial charge >= 0.3 is 0 Å². The number of non-ortho nitro benzene ring substituents is 1. The van der Waals surface area contributed by atoms with E-state index >= 15 is 0 Å². The molecule has 1 fully saturated rings. The Labute approximate surface area is 191 Å². The molecule has 172 valence electrons. The van der Waals surface area contributed by atoms with E-state index < -0.39 is 4.92 Å². The molecule has 1 saturated heterocycles. The number of nitrogens with zero attached hydrogens (tertiary/aromatic N) is 3. The van der Waals surface area contributed by atoms with Gasteiger partial charge in [-0.2, -0.15) is 0 Å². The zero-order valence-corrected chi connectivity index (χ0v) is 18.4. The molecule has 3 aromatic rings. The number of nitrogens with one attached hydrogen (secondary N) is 2. The van der Waals surface area contributed by atoms with Crippen LogP contribution in [-0.4, -0.2) is 71.9 Å². The molecule has 1 aliphatic heterocycles. The Kier molecular flexibility index (Phi) is 6.81. The normalized spacial score (nSPS) is 14.8. The lowest BCUT2D eigenvalue weighted by Crippen LogP contribution is -2.46. The maximum atomic E-state index is 13.4. The number of likely N-dealkylation sites (N-methyl/N-ethyl adjacent to an activating group) is 1. The summed E-state index contributed by atoms with van der Waals surface area (Å²) < 4.78 is 13.4. The van der Waals surface area contributed by atoms with Crippen LogP contribution >= 0.6 is 0 Å². The molecule has 0 atom stereocenters. The molecular weight excluding hydrogens is 425 g/mol. The van der Waals surface area contributed by atoms with Crippen LogP contribution in [0.15, 0.2) is 54.6 Å². The number of carbonyl (C=O) groups excluding carboxylic acids is 1. The molecule has 0 bridgehead atoms. The van der Waals surface area contributed by atoms with E-state index in [0.717, 1.165) is 38.3 Å². The maximum Gasteiger partial charge on any atom is 0.269 e. The number of hydrogen-bond donors (Lipinski definition) is 2. The molecule has 2 aromatic carbocycles. The minimum atomic E-state index is -0.464. The van der Waals surface area contributed by atoms with Crippen LogP contribution < -0.4 is 5.32 Å². The van der Waals surface area contributed by atoms with Crippen molar-refractivity contribution < 1.29 is 14.1 Å². The number of benzene rings is 2.